The van der Waals surface area contributed by atoms with Crippen molar-refractivity contribution in [2.45, 2.75) is 5.75 Å². The Labute approximate surface area is 64.5 Å². The van der Waals surface area contributed by atoms with Crippen LogP contribution in [0.3, 0.4) is 0 Å². The SMILES string of the molecule is COC1(B(O)O)N=CC=CN1. The fourth-order valence-electron chi connectivity index (χ4n) is 0.760. The second-order valence-corrected chi connectivity index (χ2v) is 2.06. The molecular formula is C5H9BN2O3. The fourth-order valence-corrected chi connectivity index (χ4v) is 0.760. The molecule has 0 aromatic rings. The highest BCUT2D eigenvalue weighted by Gasteiger charge is 2.42. The molecule has 1 unspecified atom stereocenters. The molecule has 1 aliphatic heterocycles. The molecule has 11 heavy (non-hydrogen) atoms. The van der Waals surface area contributed by atoms with Gasteiger partial charge >= 0.3 is 7.12 Å². The van der Waals surface area contributed by atoms with Gasteiger partial charge in [0, 0.05) is 19.5 Å². The Bertz CT molecular complexity index is 194. The van der Waals surface area contributed by atoms with Crippen molar-refractivity contribution >= 4 is 13.3 Å². The van der Waals surface area contributed by atoms with Crippen molar-refractivity contribution in [2.75, 3.05) is 7.11 Å². The van der Waals surface area contributed by atoms with Gasteiger partial charge in [0.25, 0.3) is 5.75 Å². The van der Waals surface area contributed by atoms with E-state index in [9.17, 15) is 0 Å². The van der Waals surface area contributed by atoms with Gasteiger partial charge < -0.3 is 20.1 Å². The molecule has 5 nitrogen and oxygen atoms in total. The lowest BCUT2D eigenvalue weighted by atomic mass is 9.82. The van der Waals surface area contributed by atoms with Crippen molar-refractivity contribution < 1.29 is 14.8 Å². The number of aliphatic imine (C=N–C) groups is 1. The minimum atomic E-state index is -1.69. The van der Waals surface area contributed by atoms with Crippen molar-refractivity contribution in [3.05, 3.63) is 12.3 Å². The number of hydrogen-bond donors (Lipinski definition) is 3. The van der Waals surface area contributed by atoms with Crippen LogP contribution in [0.15, 0.2) is 17.3 Å². The van der Waals surface area contributed by atoms with Crippen LogP contribution >= 0.6 is 0 Å². The van der Waals surface area contributed by atoms with E-state index in [4.69, 9.17) is 14.8 Å². The number of ether oxygens (including phenoxy) is 1. The summed E-state index contributed by atoms with van der Waals surface area (Å²) >= 11 is 0. The molecule has 0 spiro atoms. The van der Waals surface area contributed by atoms with Crippen LogP contribution < -0.4 is 5.32 Å². The van der Waals surface area contributed by atoms with Crippen molar-refractivity contribution in [3.63, 3.8) is 0 Å². The van der Waals surface area contributed by atoms with E-state index >= 15 is 0 Å². The van der Waals surface area contributed by atoms with Crippen molar-refractivity contribution in [2.24, 2.45) is 4.99 Å². The summed E-state index contributed by atoms with van der Waals surface area (Å²) in [7, 11) is -0.350. The number of allylic oxidation sites excluding steroid dienone is 1. The Morgan fingerprint density at radius 1 is 1.64 bits per heavy atom. The molecule has 3 N–H and O–H groups in total. The average molecular weight is 156 g/mol. The summed E-state index contributed by atoms with van der Waals surface area (Å²) in [5, 5.41) is 20.3. The molecule has 0 bridgehead atoms. The highest BCUT2D eigenvalue weighted by Crippen LogP contribution is 2.10. The monoisotopic (exact) mass is 156 g/mol. The van der Waals surface area contributed by atoms with Crippen LogP contribution in [0.2, 0.25) is 0 Å². The predicted molar refractivity (Wildman–Crippen MR) is 40.7 cm³/mol. The maximum absolute atomic E-state index is 8.85. The third-order valence-corrected chi connectivity index (χ3v) is 1.40. The van der Waals surface area contributed by atoms with Crippen LogP contribution in [0.1, 0.15) is 0 Å². The lowest BCUT2D eigenvalue weighted by molar-refractivity contribution is 0.0195. The van der Waals surface area contributed by atoms with Crippen LogP contribution in [-0.2, 0) is 4.74 Å². The van der Waals surface area contributed by atoms with Crippen LogP contribution in [0, 0.1) is 0 Å². The molecule has 1 aliphatic rings. The van der Waals surface area contributed by atoms with Gasteiger partial charge in [0.1, 0.15) is 0 Å². The largest absolute Gasteiger partial charge is 0.536 e. The van der Waals surface area contributed by atoms with Gasteiger partial charge in [-0.05, 0) is 6.08 Å². The number of hydrogen-bond acceptors (Lipinski definition) is 5. The molecule has 60 valence electrons. The van der Waals surface area contributed by atoms with Gasteiger partial charge in [-0.15, -0.1) is 0 Å². The molecular weight excluding hydrogens is 147 g/mol. The Kier molecular flexibility index (Phi) is 2.28. The molecule has 0 aliphatic carbocycles. The highest BCUT2D eigenvalue weighted by molar-refractivity contribution is 6.45. The molecule has 0 saturated heterocycles. The minimum absolute atomic E-state index is 1.34. The van der Waals surface area contributed by atoms with Gasteiger partial charge in [-0.1, -0.05) is 0 Å². The number of methoxy groups -OCH3 is 1. The fraction of sp³-hybridized carbons (Fsp3) is 0.400. The van der Waals surface area contributed by atoms with Crippen molar-refractivity contribution in [1.82, 2.24) is 5.32 Å². The van der Waals surface area contributed by atoms with Gasteiger partial charge in [0.15, 0.2) is 0 Å². The van der Waals surface area contributed by atoms with E-state index in [1.807, 2.05) is 0 Å². The Hall–Kier alpha value is -0.845. The van der Waals surface area contributed by atoms with Gasteiger partial charge in [0.05, 0.1) is 0 Å². The van der Waals surface area contributed by atoms with E-state index in [1.54, 1.807) is 6.08 Å². The second kappa shape index (κ2) is 3.04. The van der Waals surface area contributed by atoms with Gasteiger partial charge in [-0.2, -0.15) is 0 Å². The van der Waals surface area contributed by atoms with E-state index in [1.165, 1.54) is 19.5 Å². The Morgan fingerprint density at radius 2 is 2.36 bits per heavy atom. The molecule has 6 heteroatoms. The summed E-state index contributed by atoms with van der Waals surface area (Å²) in [6, 6.07) is 0. The Morgan fingerprint density at radius 3 is 2.64 bits per heavy atom. The summed E-state index contributed by atoms with van der Waals surface area (Å²) in [6.45, 7) is 0. The zero-order valence-corrected chi connectivity index (χ0v) is 6.06. The molecule has 1 heterocycles. The van der Waals surface area contributed by atoms with Crippen LogP contribution in [0.25, 0.3) is 0 Å². The first-order chi connectivity index (χ1) is 5.21. The van der Waals surface area contributed by atoms with Crippen LogP contribution in [0.5, 0.6) is 0 Å². The summed E-state index contributed by atoms with van der Waals surface area (Å²) < 4.78 is 4.78. The first-order valence-corrected chi connectivity index (χ1v) is 3.10. The minimum Gasteiger partial charge on any atom is -0.422 e. The zero-order chi connectivity index (χ0) is 8.32. The third kappa shape index (κ3) is 1.42. The van der Waals surface area contributed by atoms with Gasteiger partial charge in [-0.3, -0.25) is 0 Å². The molecule has 0 aromatic heterocycles. The van der Waals surface area contributed by atoms with Crippen molar-refractivity contribution in [1.29, 1.82) is 0 Å². The first kappa shape index (κ1) is 8.25. The molecule has 0 aromatic carbocycles. The highest BCUT2D eigenvalue weighted by atomic mass is 16.5. The lowest BCUT2D eigenvalue weighted by Gasteiger charge is -2.28. The summed E-state index contributed by atoms with van der Waals surface area (Å²) in [5.74, 6) is -1.44. The first-order valence-electron chi connectivity index (χ1n) is 3.10. The van der Waals surface area contributed by atoms with Crippen molar-refractivity contribution in [3.8, 4) is 0 Å². The summed E-state index contributed by atoms with van der Waals surface area (Å²) in [4.78, 5) is 3.73. The molecule has 0 fully saturated rings. The zero-order valence-electron chi connectivity index (χ0n) is 6.06. The number of rotatable bonds is 2. The normalized spacial score (nSPS) is 28.3. The maximum atomic E-state index is 8.85. The molecule has 0 radical (unpaired) electrons. The van der Waals surface area contributed by atoms with Gasteiger partial charge in [-0.25, -0.2) is 4.99 Å². The summed E-state index contributed by atoms with van der Waals surface area (Å²) in [5.41, 5.74) is 0. The standard InChI is InChI=1S/C5H9BN2O3/c1-11-5(6(9)10)7-3-2-4-8-5/h2-4,7,9-10H,1H3. The molecule has 0 amide bonds. The van der Waals surface area contributed by atoms with E-state index < -0.39 is 12.9 Å². The average Bonchev–Trinajstić information content (AvgIpc) is 2.05. The van der Waals surface area contributed by atoms with E-state index in [0.29, 0.717) is 0 Å². The topological polar surface area (TPSA) is 74.1 Å². The van der Waals surface area contributed by atoms with E-state index in [0.717, 1.165) is 0 Å². The number of nitrogens with zero attached hydrogens (tertiary/aromatic N) is 1. The summed E-state index contributed by atoms with van der Waals surface area (Å²) in [6.07, 6.45) is 4.58. The number of nitrogens with one attached hydrogen (secondary N) is 1. The second-order valence-electron chi connectivity index (χ2n) is 2.06. The third-order valence-electron chi connectivity index (χ3n) is 1.40. The van der Waals surface area contributed by atoms with E-state index in [2.05, 4.69) is 10.3 Å². The predicted octanol–water partition coefficient (Wildman–Crippen LogP) is -1.51. The van der Waals surface area contributed by atoms with Crippen LogP contribution in [-0.4, -0.2) is 36.2 Å². The maximum Gasteiger partial charge on any atom is 0.536 e. The molecule has 1 rings (SSSR count). The van der Waals surface area contributed by atoms with Crippen LogP contribution in [0.4, 0.5) is 0 Å². The molecule has 1 atom stereocenters. The smallest absolute Gasteiger partial charge is 0.422 e. The van der Waals surface area contributed by atoms with E-state index in [-0.39, 0.29) is 0 Å². The quantitative estimate of drug-likeness (QED) is 0.424. The molecule has 0 saturated carbocycles. The lowest BCUT2D eigenvalue weighted by Crippen LogP contribution is -2.56. The van der Waals surface area contributed by atoms with Gasteiger partial charge in [0.2, 0.25) is 0 Å². The Balaban J connectivity index is 2.77.